The van der Waals surface area contributed by atoms with Crippen LogP contribution in [0.15, 0.2) is 60.7 Å². The molecule has 0 bridgehead atoms. The van der Waals surface area contributed by atoms with Crippen LogP contribution in [0, 0.1) is 5.92 Å². The molecule has 2 aromatic rings. The van der Waals surface area contributed by atoms with E-state index in [1.54, 1.807) is 11.0 Å². The van der Waals surface area contributed by atoms with Crippen LogP contribution >= 0.6 is 0 Å². The van der Waals surface area contributed by atoms with Gasteiger partial charge in [-0.2, -0.15) is 0 Å². The molecular weight excluding hydrogens is 362 g/mol. The molecule has 0 aromatic heterocycles. The third-order valence-corrected chi connectivity index (χ3v) is 5.39. The van der Waals surface area contributed by atoms with Gasteiger partial charge >= 0.3 is 5.97 Å². The summed E-state index contributed by atoms with van der Waals surface area (Å²) in [6.45, 7) is 5.78. The molecular formula is C25H29NO3. The molecule has 0 spiro atoms. The zero-order chi connectivity index (χ0) is 20.6. The smallest absolute Gasteiger partial charge is 0.309 e. The monoisotopic (exact) mass is 391 g/mol. The van der Waals surface area contributed by atoms with Gasteiger partial charge in [0.05, 0.1) is 5.92 Å². The summed E-state index contributed by atoms with van der Waals surface area (Å²) in [5.41, 5.74) is 3.28. The first-order valence-electron chi connectivity index (χ1n) is 10.3. The number of ether oxygens (including phenoxy) is 1. The number of esters is 1. The molecule has 152 valence electrons. The predicted octanol–water partition coefficient (Wildman–Crippen LogP) is 4.81. The van der Waals surface area contributed by atoms with E-state index in [1.807, 2.05) is 48.5 Å². The Kier molecular flexibility index (Phi) is 7.23. The first kappa shape index (κ1) is 20.8. The van der Waals surface area contributed by atoms with Gasteiger partial charge < -0.3 is 9.64 Å². The van der Waals surface area contributed by atoms with Gasteiger partial charge in [-0.25, -0.2) is 0 Å². The molecule has 2 aromatic carbocycles. The van der Waals surface area contributed by atoms with Crippen molar-refractivity contribution in [2.24, 2.45) is 5.92 Å². The molecule has 1 amide bonds. The third kappa shape index (κ3) is 6.05. The summed E-state index contributed by atoms with van der Waals surface area (Å²) in [5, 5.41) is 0. The molecule has 29 heavy (non-hydrogen) atoms. The van der Waals surface area contributed by atoms with Crippen molar-refractivity contribution in [1.82, 2.24) is 4.90 Å². The largest absolute Gasteiger partial charge is 0.461 e. The second-order valence-electron chi connectivity index (χ2n) is 7.85. The van der Waals surface area contributed by atoms with E-state index >= 15 is 0 Å². The highest BCUT2D eigenvalue weighted by molar-refractivity contribution is 5.92. The molecule has 0 N–H and O–H groups in total. The van der Waals surface area contributed by atoms with E-state index in [9.17, 15) is 9.59 Å². The standard InChI is InChI=1S/C25H29NO3/c1-19(2)22-11-8-21(9-12-22)18-29-25(28)23-14-16-26(17-15-23)24(27)13-10-20-6-4-3-5-7-20/h3-13,19,23H,14-18H2,1-2H3/b13-10+. The van der Waals surface area contributed by atoms with Crippen LogP contribution in [-0.4, -0.2) is 29.9 Å². The molecule has 0 aliphatic carbocycles. The van der Waals surface area contributed by atoms with Crippen molar-refractivity contribution in [2.45, 2.75) is 39.2 Å². The fourth-order valence-corrected chi connectivity index (χ4v) is 3.44. The molecule has 4 heteroatoms. The Hall–Kier alpha value is -2.88. The maximum Gasteiger partial charge on any atom is 0.309 e. The van der Waals surface area contributed by atoms with Crippen LogP contribution in [0.1, 0.15) is 49.3 Å². The number of hydrogen-bond donors (Lipinski definition) is 0. The quantitative estimate of drug-likeness (QED) is 0.525. The highest BCUT2D eigenvalue weighted by Gasteiger charge is 2.27. The lowest BCUT2D eigenvalue weighted by Gasteiger charge is -2.30. The fourth-order valence-electron chi connectivity index (χ4n) is 3.44. The van der Waals surface area contributed by atoms with Crippen molar-refractivity contribution < 1.29 is 14.3 Å². The molecule has 1 aliphatic rings. The number of rotatable bonds is 6. The molecule has 0 radical (unpaired) electrons. The summed E-state index contributed by atoms with van der Waals surface area (Å²) in [5.74, 6) is 0.185. The lowest BCUT2D eigenvalue weighted by atomic mass is 9.97. The average Bonchev–Trinajstić information content (AvgIpc) is 2.77. The van der Waals surface area contributed by atoms with Crippen LogP contribution < -0.4 is 0 Å². The van der Waals surface area contributed by atoms with Crippen LogP contribution in [0.25, 0.3) is 6.08 Å². The summed E-state index contributed by atoms with van der Waals surface area (Å²) >= 11 is 0. The van der Waals surface area contributed by atoms with Gasteiger partial charge in [-0.05, 0) is 41.5 Å². The second-order valence-corrected chi connectivity index (χ2v) is 7.85. The number of amides is 1. The molecule has 1 aliphatic heterocycles. The number of carbonyl (C=O) groups is 2. The first-order chi connectivity index (χ1) is 14.0. The van der Waals surface area contributed by atoms with Gasteiger partial charge in [0.25, 0.3) is 0 Å². The summed E-state index contributed by atoms with van der Waals surface area (Å²) in [7, 11) is 0. The summed E-state index contributed by atoms with van der Waals surface area (Å²) in [6, 6.07) is 18.0. The van der Waals surface area contributed by atoms with Crippen molar-refractivity contribution in [1.29, 1.82) is 0 Å². The van der Waals surface area contributed by atoms with Crippen LogP contribution in [0.4, 0.5) is 0 Å². The van der Waals surface area contributed by atoms with Gasteiger partial charge in [-0.15, -0.1) is 0 Å². The van der Waals surface area contributed by atoms with E-state index < -0.39 is 0 Å². The Morgan fingerprint density at radius 1 is 1.03 bits per heavy atom. The lowest BCUT2D eigenvalue weighted by Crippen LogP contribution is -2.39. The molecule has 1 saturated heterocycles. The van der Waals surface area contributed by atoms with Crippen molar-refractivity contribution >= 4 is 18.0 Å². The lowest BCUT2D eigenvalue weighted by molar-refractivity contribution is -0.152. The van der Waals surface area contributed by atoms with E-state index in [4.69, 9.17) is 4.74 Å². The maximum atomic E-state index is 12.4. The average molecular weight is 392 g/mol. The van der Waals surface area contributed by atoms with E-state index in [0.717, 1.165) is 11.1 Å². The topological polar surface area (TPSA) is 46.6 Å². The predicted molar refractivity (Wildman–Crippen MR) is 115 cm³/mol. The SMILES string of the molecule is CC(C)c1ccc(COC(=O)C2CCN(C(=O)/C=C/c3ccccc3)CC2)cc1. The minimum atomic E-state index is -0.162. The second kappa shape index (κ2) is 10.1. The number of likely N-dealkylation sites (tertiary alicyclic amines) is 1. The first-order valence-corrected chi connectivity index (χ1v) is 10.3. The van der Waals surface area contributed by atoms with Crippen LogP contribution in [0.2, 0.25) is 0 Å². The van der Waals surface area contributed by atoms with Crippen LogP contribution in [0.3, 0.4) is 0 Å². The van der Waals surface area contributed by atoms with Gasteiger partial charge in [-0.1, -0.05) is 68.4 Å². The van der Waals surface area contributed by atoms with E-state index in [0.29, 0.717) is 38.5 Å². The van der Waals surface area contributed by atoms with Crippen molar-refractivity contribution in [3.63, 3.8) is 0 Å². The van der Waals surface area contributed by atoms with Gasteiger partial charge in [0.1, 0.15) is 6.61 Å². The normalized spacial score (nSPS) is 15.1. The Labute approximate surface area is 173 Å². The van der Waals surface area contributed by atoms with Gasteiger partial charge in [-0.3, -0.25) is 9.59 Å². The highest BCUT2D eigenvalue weighted by atomic mass is 16.5. The number of piperidine rings is 1. The molecule has 1 heterocycles. The Morgan fingerprint density at radius 2 is 1.69 bits per heavy atom. The summed E-state index contributed by atoms with van der Waals surface area (Å²) in [6.07, 6.45) is 4.73. The van der Waals surface area contributed by atoms with E-state index in [-0.39, 0.29) is 17.8 Å². The number of hydrogen-bond acceptors (Lipinski definition) is 3. The molecule has 1 fully saturated rings. The highest BCUT2D eigenvalue weighted by Crippen LogP contribution is 2.20. The third-order valence-electron chi connectivity index (χ3n) is 5.39. The van der Waals surface area contributed by atoms with Crippen LogP contribution in [-0.2, 0) is 20.9 Å². The Balaban J connectivity index is 1.43. The zero-order valence-electron chi connectivity index (χ0n) is 17.2. The minimum Gasteiger partial charge on any atom is -0.461 e. The Morgan fingerprint density at radius 3 is 2.31 bits per heavy atom. The zero-order valence-corrected chi connectivity index (χ0v) is 17.2. The fraction of sp³-hybridized carbons (Fsp3) is 0.360. The number of nitrogens with zero attached hydrogens (tertiary/aromatic N) is 1. The van der Waals surface area contributed by atoms with E-state index in [2.05, 4.69) is 26.0 Å². The summed E-state index contributed by atoms with van der Waals surface area (Å²) < 4.78 is 5.51. The molecule has 0 atom stereocenters. The summed E-state index contributed by atoms with van der Waals surface area (Å²) in [4.78, 5) is 26.6. The number of benzene rings is 2. The van der Waals surface area contributed by atoms with Crippen molar-refractivity contribution in [3.8, 4) is 0 Å². The van der Waals surface area contributed by atoms with Gasteiger partial charge in [0, 0.05) is 19.2 Å². The van der Waals surface area contributed by atoms with Crippen molar-refractivity contribution in [2.75, 3.05) is 13.1 Å². The molecule has 3 rings (SSSR count). The Bertz CT molecular complexity index is 832. The molecule has 0 unspecified atom stereocenters. The molecule has 4 nitrogen and oxygen atoms in total. The number of carbonyl (C=O) groups excluding carboxylic acids is 2. The van der Waals surface area contributed by atoms with Crippen molar-refractivity contribution in [3.05, 3.63) is 77.4 Å². The van der Waals surface area contributed by atoms with Gasteiger partial charge in [0.2, 0.25) is 5.91 Å². The molecule has 0 saturated carbocycles. The van der Waals surface area contributed by atoms with Gasteiger partial charge in [0.15, 0.2) is 0 Å². The maximum absolute atomic E-state index is 12.4. The van der Waals surface area contributed by atoms with E-state index in [1.165, 1.54) is 5.56 Å². The van der Waals surface area contributed by atoms with Crippen LogP contribution in [0.5, 0.6) is 0 Å². The minimum absolute atomic E-state index is 0.00841.